The fraction of sp³-hybridized carbons (Fsp3) is 0.211. The van der Waals surface area contributed by atoms with Gasteiger partial charge in [-0.3, -0.25) is 9.78 Å². The molecule has 0 saturated carbocycles. The zero-order chi connectivity index (χ0) is 16.9. The van der Waals surface area contributed by atoms with Gasteiger partial charge in [-0.1, -0.05) is 36.8 Å². The summed E-state index contributed by atoms with van der Waals surface area (Å²) in [6.07, 6.45) is 5.36. The molecular weight excluding hydrogens is 302 g/mol. The van der Waals surface area contributed by atoms with Crippen LogP contribution in [0.15, 0.2) is 59.6 Å². The molecule has 0 radical (unpaired) electrons. The molecule has 1 atom stereocenters. The van der Waals surface area contributed by atoms with Gasteiger partial charge < -0.3 is 9.73 Å². The minimum absolute atomic E-state index is 0.247. The fourth-order valence-corrected chi connectivity index (χ4v) is 2.58. The summed E-state index contributed by atoms with van der Waals surface area (Å²) in [4.78, 5) is 20.8. The van der Waals surface area contributed by atoms with Crippen LogP contribution in [0.25, 0.3) is 0 Å². The Bertz CT molecular complexity index is 810. The van der Waals surface area contributed by atoms with Gasteiger partial charge in [-0.15, -0.1) is 0 Å². The van der Waals surface area contributed by atoms with Gasteiger partial charge in [0.1, 0.15) is 5.76 Å². The van der Waals surface area contributed by atoms with Gasteiger partial charge in [0.25, 0.3) is 5.91 Å². The second-order valence-corrected chi connectivity index (χ2v) is 5.58. The molecule has 1 amide bonds. The number of pyridine rings is 1. The molecule has 2 aromatic heterocycles. The lowest BCUT2D eigenvalue weighted by Gasteiger charge is -2.19. The number of nitrogens with one attached hydrogen (secondary N) is 1. The number of oxazole rings is 1. The third-order valence-electron chi connectivity index (χ3n) is 3.90. The van der Waals surface area contributed by atoms with E-state index in [1.807, 2.05) is 50.2 Å². The average Bonchev–Trinajstić information content (AvgIpc) is 3.10. The number of aryl methyl sites for hydroxylation is 2. The maximum absolute atomic E-state index is 12.7. The highest BCUT2D eigenvalue weighted by atomic mass is 16.3. The van der Waals surface area contributed by atoms with Crippen molar-refractivity contribution in [2.45, 2.75) is 26.3 Å². The summed E-state index contributed by atoms with van der Waals surface area (Å²) in [5, 5.41) is 3.06. The van der Waals surface area contributed by atoms with Gasteiger partial charge in [0.05, 0.1) is 6.04 Å². The molecule has 24 heavy (non-hydrogen) atoms. The molecule has 0 spiro atoms. The average molecular weight is 321 g/mol. The lowest BCUT2D eigenvalue weighted by atomic mass is 9.98. The van der Waals surface area contributed by atoms with E-state index in [-0.39, 0.29) is 11.9 Å². The molecule has 0 unspecified atom stereocenters. The van der Waals surface area contributed by atoms with Crippen molar-refractivity contribution in [3.05, 3.63) is 83.3 Å². The molecule has 3 aromatic rings. The number of carbonyl (C=O) groups excluding carboxylic acids is 1. The Morgan fingerprint density at radius 2 is 1.79 bits per heavy atom. The van der Waals surface area contributed by atoms with E-state index in [1.54, 1.807) is 12.4 Å². The van der Waals surface area contributed by atoms with E-state index < -0.39 is 0 Å². The molecule has 3 rings (SSSR count). The summed E-state index contributed by atoms with van der Waals surface area (Å²) in [5.74, 6) is 0.341. The van der Waals surface area contributed by atoms with E-state index in [9.17, 15) is 4.79 Å². The minimum Gasteiger partial charge on any atom is -0.448 e. The number of aromatic nitrogens is 2. The molecule has 0 fully saturated rings. The monoisotopic (exact) mass is 321 g/mol. The smallest absolute Gasteiger partial charge is 0.274 e. The van der Waals surface area contributed by atoms with Crippen molar-refractivity contribution in [1.29, 1.82) is 0 Å². The van der Waals surface area contributed by atoms with Crippen molar-refractivity contribution in [1.82, 2.24) is 15.3 Å². The highest BCUT2D eigenvalue weighted by Crippen LogP contribution is 2.23. The Balaban J connectivity index is 1.93. The molecule has 2 heterocycles. The molecule has 1 N–H and O–H groups in total. The molecule has 5 nitrogen and oxygen atoms in total. The topological polar surface area (TPSA) is 68.0 Å². The summed E-state index contributed by atoms with van der Waals surface area (Å²) < 4.78 is 5.26. The molecule has 5 heteroatoms. The summed E-state index contributed by atoms with van der Waals surface area (Å²) in [6.45, 7) is 3.96. The number of rotatable bonds is 5. The molecular formula is C19H19N3O2. The first-order valence-electron chi connectivity index (χ1n) is 7.88. The molecule has 0 bridgehead atoms. The van der Waals surface area contributed by atoms with Crippen molar-refractivity contribution in [3.63, 3.8) is 0 Å². The van der Waals surface area contributed by atoms with Crippen LogP contribution in [0.2, 0.25) is 0 Å². The summed E-state index contributed by atoms with van der Waals surface area (Å²) in [6, 6.07) is 11.6. The van der Waals surface area contributed by atoms with Crippen LogP contribution in [0.1, 0.15) is 45.9 Å². The lowest BCUT2D eigenvalue weighted by molar-refractivity contribution is 0.0936. The van der Waals surface area contributed by atoms with Crippen LogP contribution in [0.4, 0.5) is 0 Å². The van der Waals surface area contributed by atoms with Crippen molar-refractivity contribution in [2.75, 3.05) is 0 Å². The third kappa shape index (κ3) is 3.35. The van der Waals surface area contributed by atoms with Crippen LogP contribution in [0.5, 0.6) is 0 Å². The minimum atomic E-state index is -0.275. The van der Waals surface area contributed by atoms with Gasteiger partial charge in [-0.25, -0.2) is 4.98 Å². The van der Waals surface area contributed by atoms with Gasteiger partial charge in [0.15, 0.2) is 12.1 Å². The number of carbonyl (C=O) groups is 1. The Morgan fingerprint density at radius 1 is 1.12 bits per heavy atom. The van der Waals surface area contributed by atoms with Gasteiger partial charge in [-0.05, 0) is 30.2 Å². The summed E-state index contributed by atoms with van der Waals surface area (Å²) in [7, 11) is 0. The first-order chi connectivity index (χ1) is 11.7. The van der Waals surface area contributed by atoms with E-state index in [0.717, 1.165) is 11.1 Å². The molecule has 0 aliphatic heterocycles. The maximum Gasteiger partial charge on any atom is 0.274 e. The third-order valence-corrected chi connectivity index (χ3v) is 3.90. The number of hydrogen-bond donors (Lipinski definition) is 1. The summed E-state index contributed by atoms with van der Waals surface area (Å²) in [5.41, 5.74) is 3.47. The Morgan fingerprint density at radius 3 is 2.46 bits per heavy atom. The van der Waals surface area contributed by atoms with Crippen molar-refractivity contribution >= 4 is 5.91 Å². The number of amides is 1. The first-order valence-corrected chi connectivity index (χ1v) is 7.88. The predicted octanol–water partition coefficient (Wildman–Crippen LogP) is 3.46. The van der Waals surface area contributed by atoms with E-state index in [1.165, 1.54) is 12.0 Å². The van der Waals surface area contributed by atoms with Crippen molar-refractivity contribution in [2.24, 2.45) is 0 Å². The van der Waals surface area contributed by atoms with Crippen LogP contribution in [-0.2, 0) is 6.42 Å². The number of benzene rings is 1. The van der Waals surface area contributed by atoms with Crippen LogP contribution in [0, 0.1) is 6.92 Å². The van der Waals surface area contributed by atoms with Crippen LogP contribution in [0.3, 0.4) is 0 Å². The Kier molecular flexibility index (Phi) is 4.70. The van der Waals surface area contributed by atoms with Gasteiger partial charge in [0, 0.05) is 18.8 Å². The predicted molar refractivity (Wildman–Crippen MR) is 90.6 cm³/mol. The van der Waals surface area contributed by atoms with Crippen LogP contribution >= 0.6 is 0 Å². The van der Waals surface area contributed by atoms with Gasteiger partial charge in [0.2, 0.25) is 0 Å². The van der Waals surface area contributed by atoms with Gasteiger partial charge >= 0.3 is 0 Å². The fourth-order valence-electron chi connectivity index (χ4n) is 2.58. The molecule has 0 saturated heterocycles. The van der Waals surface area contributed by atoms with E-state index >= 15 is 0 Å². The normalized spacial score (nSPS) is 11.9. The van der Waals surface area contributed by atoms with Crippen molar-refractivity contribution < 1.29 is 9.21 Å². The van der Waals surface area contributed by atoms with Gasteiger partial charge in [-0.2, -0.15) is 0 Å². The highest BCUT2D eigenvalue weighted by molar-refractivity contribution is 5.93. The van der Waals surface area contributed by atoms with E-state index in [4.69, 9.17) is 4.42 Å². The second-order valence-electron chi connectivity index (χ2n) is 5.58. The Hall–Kier alpha value is -2.95. The summed E-state index contributed by atoms with van der Waals surface area (Å²) >= 11 is 0. The number of hydrogen-bond acceptors (Lipinski definition) is 4. The van der Waals surface area contributed by atoms with Crippen LogP contribution < -0.4 is 5.32 Å². The second kappa shape index (κ2) is 7.08. The maximum atomic E-state index is 12.7. The zero-order valence-corrected chi connectivity index (χ0v) is 13.7. The molecule has 0 aliphatic rings. The van der Waals surface area contributed by atoms with E-state index in [2.05, 4.69) is 15.3 Å². The molecule has 0 aliphatic carbocycles. The standard InChI is InChI=1S/C19H19N3O2/c1-3-16-18(21-12-24-16)19(23)22-17(15-8-10-20-11-9-15)14-6-4-13(2)5-7-14/h4-12,17H,3H2,1-2H3,(H,22,23)/t17-/m1/s1. The van der Waals surface area contributed by atoms with Crippen molar-refractivity contribution in [3.8, 4) is 0 Å². The Labute approximate surface area is 140 Å². The zero-order valence-electron chi connectivity index (χ0n) is 13.7. The van der Waals surface area contributed by atoms with E-state index in [0.29, 0.717) is 17.9 Å². The molecule has 1 aromatic carbocycles. The number of nitrogens with zero attached hydrogens (tertiary/aromatic N) is 2. The largest absolute Gasteiger partial charge is 0.448 e. The molecule has 122 valence electrons. The van der Waals surface area contributed by atoms with Crippen LogP contribution in [-0.4, -0.2) is 15.9 Å². The quantitative estimate of drug-likeness (QED) is 0.781. The first kappa shape index (κ1) is 15.9. The highest BCUT2D eigenvalue weighted by Gasteiger charge is 2.21. The SMILES string of the molecule is CCc1ocnc1C(=O)N[C@@H](c1ccncc1)c1ccc(C)cc1. The lowest BCUT2D eigenvalue weighted by Crippen LogP contribution is -2.30.